The minimum absolute atomic E-state index is 0.00757. The number of halogens is 3. The molecular formula is C25H21F3N2O4S. The van der Waals surface area contributed by atoms with Gasteiger partial charge in [0.05, 0.1) is 5.92 Å². The quantitative estimate of drug-likeness (QED) is 0.500. The van der Waals surface area contributed by atoms with Crippen LogP contribution in [0, 0.1) is 5.92 Å². The summed E-state index contributed by atoms with van der Waals surface area (Å²) in [5.41, 5.74) is 2.28. The van der Waals surface area contributed by atoms with Gasteiger partial charge in [-0.3, -0.25) is 9.69 Å². The Morgan fingerprint density at radius 3 is 2.51 bits per heavy atom. The number of hydrogen-bond donors (Lipinski definition) is 1. The lowest BCUT2D eigenvalue weighted by Crippen LogP contribution is -2.57. The highest BCUT2D eigenvalue weighted by Crippen LogP contribution is 2.43. The lowest BCUT2D eigenvalue weighted by atomic mass is 10.0. The molecule has 35 heavy (non-hydrogen) atoms. The monoisotopic (exact) mass is 502 g/mol. The summed E-state index contributed by atoms with van der Waals surface area (Å²) in [5, 5.41) is 9.01. The number of alkyl halides is 3. The fraction of sp³-hybridized carbons (Fsp3) is 0.280. The number of anilines is 1. The van der Waals surface area contributed by atoms with Crippen LogP contribution in [0.2, 0.25) is 0 Å². The summed E-state index contributed by atoms with van der Waals surface area (Å²) in [7, 11) is 0. The van der Waals surface area contributed by atoms with Crippen molar-refractivity contribution in [2.45, 2.75) is 19.2 Å². The maximum atomic E-state index is 13.6. The summed E-state index contributed by atoms with van der Waals surface area (Å²) in [6.07, 6.45) is -3.84. The van der Waals surface area contributed by atoms with Crippen LogP contribution >= 0.6 is 11.3 Å². The predicted octanol–water partition coefficient (Wildman–Crippen LogP) is 5.51. The van der Waals surface area contributed by atoms with E-state index in [2.05, 4.69) is 0 Å². The molecule has 1 N–H and O–H groups in total. The van der Waals surface area contributed by atoms with Crippen LogP contribution in [0.3, 0.4) is 0 Å². The van der Waals surface area contributed by atoms with E-state index < -0.39 is 22.9 Å². The highest BCUT2D eigenvalue weighted by atomic mass is 32.1. The molecule has 0 radical (unpaired) electrons. The van der Waals surface area contributed by atoms with Crippen LogP contribution in [-0.2, 0) is 24.0 Å². The first-order chi connectivity index (χ1) is 16.7. The van der Waals surface area contributed by atoms with Gasteiger partial charge in [-0.1, -0.05) is 30.3 Å². The second-order valence-electron chi connectivity index (χ2n) is 8.52. The first kappa shape index (κ1) is 23.2. The molecule has 3 heterocycles. The smallest absolute Gasteiger partial charge is 0.426 e. The van der Waals surface area contributed by atoms with E-state index in [-0.39, 0.29) is 31.3 Å². The summed E-state index contributed by atoms with van der Waals surface area (Å²) in [5.74, 6) is -0.910. The van der Waals surface area contributed by atoms with Crippen molar-refractivity contribution in [3.05, 3.63) is 69.9 Å². The van der Waals surface area contributed by atoms with Crippen molar-refractivity contribution in [2.24, 2.45) is 5.92 Å². The van der Waals surface area contributed by atoms with Crippen LogP contribution in [0.15, 0.2) is 54.6 Å². The molecule has 2 aliphatic rings. The fourth-order valence-corrected chi connectivity index (χ4v) is 5.30. The summed E-state index contributed by atoms with van der Waals surface area (Å²) in [6, 6.07) is 15.0. The minimum atomic E-state index is -4.46. The highest BCUT2D eigenvalue weighted by molar-refractivity contribution is 7.12. The van der Waals surface area contributed by atoms with E-state index in [1.807, 2.05) is 0 Å². The van der Waals surface area contributed by atoms with Crippen molar-refractivity contribution in [1.82, 2.24) is 4.90 Å². The SMILES string of the molecule is O=C(O)C1CN(C(=O)N2CCc3cc(OCc4cc(-c5ccccc5)c(C(F)(F)F)s4)ccc32)C1. The average Bonchev–Trinajstić information content (AvgIpc) is 3.41. The first-order valence-electron chi connectivity index (χ1n) is 11.0. The van der Waals surface area contributed by atoms with Crippen LogP contribution in [0.25, 0.3) is 11.1 Å². The van der Waals surface area contributed by atoms with E-state index in [1.54, 1.807) is 53.4 Å². The number of nitrogens with zero attached hydrogens (tertiary/aromatic N) is 2. The number of aliphatic carboxylic acids is 1. The van der Waals surface area contributed by atoms with Crippen LogP contribution in [0.1, 0.15) is 15.3 Å². The third-order valence-corrected chi connectivity index (χ3v) is 7.34. The van der Waals surface area contributed by atoms with Crippen molar-refractivity contribution >= 4 is 29.0 Å². The van der Waals surface area contributed by atoms with Crippen molar-refractivity contribution in [3.8, 4) is 16.9 Å². The minimum Gasteiger partial charge on any atom is -0.488 e. The summed E-state index contributed by atoms with van der Waals surface area (Å²) >= 11 is 0.674. The van der Waals surface area contributed by atoms with Gasteiger partial charge in [0.15, 0.2) is 0 Å². The molecule has 3 aromatic rings. The number of carbonyl (C=O) groups is 2. The van der Waals surface area contributed by atoms with E-state index in [0.29, 0.717) is 40.5 Å². The number of urea groups is 1. The Bertz CT molecular complexity index is 1270. The third-order valence-electron chi connectivity index (χ3n) is 6.19. The van der Waals surface area contributed by atoms with Gasteiger partial charge < -0.3 is 14.7 Å². The Balaban J connectivity index is 1.28. The number of thiophene rings is 1. The maximum absolute atomic E-state index is 13.6. The maximum Gasteiger partial charge on any atom is 0.426 e. The highest BCUT2D eigenvalue weighted by Gasteiger charge is 2.39. The second-order valence-corrected chi connectivity index (χ2v) is 9.66. The number of hydrogen-bond acceptors (Lipinski definition) is 4. The lowest BCUT2D eigenvalue weighted by molar-refractivity contribution is -0.146. The fourth-order valence-electron chi connectivity index (χ4n) is 4.34. The zero-order chi connectivity index (χ0) is 24.7. The first-order valence-corrected chi connectivity index (χ1v) is 11.8. The zero-order valence-corrected chi connectivity index (χ0v) is 19.2. The molecule has 0 spiro atoms. The Morgan fingerprint density at radius 1 is 1.09 bits per heavy atom. The van der Waals surface area contributed by atoms with Crippen LogP contribution in [-0.4, -0.2) is 41.6 Å². The number of rotatable bonds is 5. The molecule has 0 saturated carbocycles. The molecular weight excluding hydrogens is 481 g/mol. The molecule has 182 valence electrons. The van der Waals surface area contributed by atoms with E-state index in [1.165, 1.54) is 11.0 Å². The van der Waals surface area contributed by atoms with Gasteiger partial charge >= 0.3 is 18.2 Å². The molecule has 0 unspecified atom stereocenters. The van der Waals surface area contributed by atoms with Crippen LogP contribution in [0.4, 0.5) is 23.7 Å². The number of carboxylic acids is 1. The largest absolute Gasteiger partial charge is 0.488 e. The van der Waals surface area contributed by atoms with E-state index >= 15 is 0 Å². The lowest BCUT2D eigenvalue weighted by Gasteiger charge is -2.39. The van der Waals surface area contributed by atoms with E-state index in [4.69, 9.17) is 9.84 Å². The number of carboxylic acid groups (broad SMARTS) is 1. The molecule has 1 fully saturated rings. The van der Waals surface area contributed by atoms with Gasteiger partial charge in [-0.25, -0.2) is 4.79 Å². The topological polar surface area (TPSA) is 70.1 Å². The zero-order valence-electron chi connectivity index (χ0n) is 18.4. The number of ether oxygens (including phenoxy) is 1. The standard InChI is InChI=1S/C25H21F3N2O4S/c26-25(27,28)22-20(15-4-2-1-3-5-15)11-19(35-22)14-34-18-6-7-21-16(10-18)8-9-30(21)24(33)29-12-17(13-29)23(31)32/h1-7,10-11,17H,8-9,12-14H2,(H,31,32). The molecule has 0 bridgehead atoms. The molecule has 5 rings (SSSR count). The van der Waals surface area contributed by atoms with Crippen LogP contribution < -0.4 is 9.64 Å². The van der Waals surface area contributed by atoms with Crippen molar-refractivity contribution < 1.29 is 32.6 Å². The van der Waals surface area contributed by atoms with Gasteiger partial charge in [0.1, 0.15) is 17.2 Å². The molecule has 1 aromatic heterocycles. The molecule has 2 aliphatic heterocycles. The Kier molecular flexibility index (Phi) is 5.92. The Hall–Kier alpha value is -3.53. The molecule has 6 nitrogen and oxygen atoms in total. The number of benzene rings is 2. The molecule has 0 aliphatic carbocycles. The molecule has 10 heteroatoms. The van der Waals surface area contributed by atoms with Crippen molar-refractivity contribution in [3.63, 3.8) is 0 Å². The molecule has 2 aromatic carbocycles. The van der Waals surface area contributed by atoms with Crippen molar-refractivity contribution in [2.75, 3.05) is 24.5 Å². The van der Waals surface area contributed by atoms with E-state index in [9.17, 15) is 22.8 Å². The number of fused-ring (bicyclic) bond motifs is 1. The molecule has 0 atom stereocenters. The van der Waals surface area contributed by atoms with Gasteiger partial charge in [0.25, 0.3) is 0 Å². The number of carbonyl (C=O) groups excluding carboxylic acids is 1. The average molecular weight is 503 g/mol. The van der Waals surface area contributed by atoms with Gasteiger partial charge in [-0.2, -0.15) is 13.2 Å². The normalized spacial score (nSPS) is 15.6. The number of likely N-dealkylation sites (tertiary alicyclic amines) is 1. The molecule has 1 saturated heterocycles. The van der Waals surface area contributed by atoms with E-state index in [0.717, 1.165) is 11.3 Å². The number of amides is 2. The van der Waals surface area contributed by atoms with Gasteiger partial charge in [0.2, 0.25) is 0 Å². The predicted molar refractivity (Wildman–Crippen MR) is 125 cm³/mol. The summed E-state index contributed by atoms with van der Waals surface area (Å²) in [4.78, 5) is 26.7. The second kappa shape index (κ2) is 8.92. The van der Waals surface area contributed by atoms with Gasteiger partial charge in [0, 0.05) is 35.8 Å². The van der Waals surface area contributed by atoms with Gasteiger partial charge in [-0.15, -0.1) is 11.3 Å². The summed E-state index contributed by atoms with van der Waals surface area (Å²) < 4.78 is 46.7. The summed E-state index contributed by atoms with van der Waals surface area (Å²) in [6.45, 7) is 0.873. The molecule has 2 amide bonds. The Morgan fingerprint density at radius 2 is 1.83 bits per heavy atom. The Labute approximate surface area is 203 Å². The van der Waals surface area contributed by atoms with Gasteiger partial charge in [-0.05, 0) is 41.8 Å². The van der Waals surface area contributed by atoms with Crippen molar-refractivity contribution in [1.29, 1.82) is 0 Å². The van der Waals surface area contributed by atoms with Crippen LogP contribution in [0.5, 0.6) is 5.75 Å². The third kappa shape index (κ3) is 4.58.